The Morgan fingerprint density at radius 2 is 1.50 bits per heavy atom. The van der Waals surface area contributed by atoms with E-state index in [1.54, 1.807) is 38.2 Å². The van der Waals surface area contributed by atoms with E-state index in [0.717, 1.165) is 11.1 Å². The Balaban J connectivity index is 0.000000202. The summed E-state index contributed by atoms with van der Waals surface area (Å²) in [6.45, 7) is 11.2. The Labute approximate surface area is 280 Å². The van der Waals surface area contributed by atoms with Crippen LogP contribution >= 0.6 is 15.9 Å². The van der Waals surface area contributed by atoms with Gasteiger partial charge in [0.15, 0.2) is 0 Å². The molecule has 5 rings (SSSR count). The molecule has 0 aliphatic carbocycles. The summed E-state index contributed by atoms with van der Waals surface area (Å²) in [7, 11) is 3.17. The molecule has 244 valence electrons. The van der Waals surface area contributed by atoms with Crippen molar-refractivity contribution >= 4 is 39.4 Å². The molecule has 0 unspecified atom stereocenters. The van der Waals surface area contributed by atoms with Crippen molar-refractivity contribution in [3.8, 4) is 11.5 Å². The summed E-state index contributed by atoms with van der Waals surface area (Å²) >= 11 is 3.33. The zero-order chi connectivity index (χ0) is 33.8. The van der Waals surface area contributed by atoms with Crippen molar-refractivity contribution in [2.24, 2.45) is 0 Å². The van der Waals surface area contributed by atoms with Crippen LogP contribution < -0.4 is 20.1 Å². The van der Waals surface area contributed by atoms with Gasteiger partial charge in [-0.2, -0.15) is 0 Å². The molecule has 10 heteroatoms. The van der Waals surface area contributed by atoms with Gasteiger partial charge in [0.2, 0.25) is 0 Å². The number of aromatic nitrogens is 2. The summed E-state index contributed by atoms with van der Waals surface area (Å²) in [5.41, 5.74) is 11.0. The molecule has 0 radical (unpaired) electrons. The molecule has 46 heavy (non-hydrogen) atoms. The number of fused-ring (bicyclic) bond motifs is 1. The number of halogens is 1. The molecule has 4 aromatic rings. The lowest BCUT2D eigenvalue weighted by atomic mass is 10.1. The van der Waals surface area contributed by atoms with E-state index < -0.39 is 0 Å². The molecule has 0 atom stereocenters. The molecule has 1 amide bonds. The molecule has 0 saturated carbocycles. The number of nitrogens with two attached hydrogens (primary N) is 1. The van der Waals surface area contributed by atoms with Gasteiger partial charge in [-0.3, -0.25) is 9.69 Å². The fourth-order valence-electron chi connectivity index (χ4n) is 4.45. The minimum absolute atomic E-state index is 0.0197. The van der Waals surface area contributed by atoms with E-state index in [-0.39, 0.29) is 11.9 Å². The Bertz CT molecular complexity index is 1590. The van der Waals surface area contributed by atoms with Gasteiger partial charge in [-0.1, -0.05) is 67.9 Å². The van der Waals surface area contributed by atoms with E-state index in [2.05, 4.69) is 53.6 Å². The highest BCUT2D eigenvalue weighted by molar-refractivity contribution is 9.08. The number of anilines is 2. The molecule has 9 nitrogen and oxygen atoms in total. The van der Waals surface area contributed by atoms with E-state index in [1.807, 2.05) is 60.9 Å². The molecule has 0 bridgehead atoms. The van der Waals surface area contributed by atoms with Crippen molar-refractivity contribution < 1.29 is 23.8 Å². The number of benzene rings is 2. The topological polar surface area (TPSA) is 117 Å². The lowest BCUT2D eigenvalue weighted by Gasteiger charge is -2.15. The summed E-state index contributed by atoms with van der Waals surface area (Å²) in [5, 5.41) is 0.616. The molecular weight excluding hydrogens is 648 g/mol. The number of nitrogens with zero attached hydrogens (tertiary/aromatic N) is 3. The van der Waals surface area contributed by atoms with Gasteiger partial charge in [-0.05, 0) is 77.4 Å². The average molecular weight is 692 g/mol. The molecule has 2 N–H and O–H groups in total. The third-order valence-electron chi connectivity index (χ3n) is 7.27. The molecule has 2 aromatic heterocycles. The van der Waals surface area contributed by atoms with Gasteiger partial charge in [0, 0.05) is 23.3 Å². The second-order valence-electron chi connectivity index (χ2n) is 11.1. The summed E-state index contributed by atoms with van der Waals surface area (Å²) < 4.78 is 15.2. The first-order chi connectivity index (χ1) is 22.0. The molecule has 1 aliphatic rings. The maximum absolute atomic E-state index is 12.5. The molecular formula is C36H43BrN4O5. The Kier molecular flexibility index (Phi) is 13.6. The summed E-state index contributed by atoms with van der Waals surface area (Å²) in [6.07, 6.45) is 3.66. The van der Waals surface area contributed by atoms with Gasteiger partial charge < -0.3 is 19.9 Å². The number of methoxy groups -OCH3 is 2. The molecule has 0 saturated heterocycles. The summed E-state index contributed by atoms with van der Waals surface area (Å²) in [4.78, 5) is 34.2. The van der Waals surface area contributed by atoms with Crippen molar-refractivity contribution in [3.05, 3.63) is 106 Å². The number of rotatable bonds is 8. The van der Waals surface area contributed by atoms with Crippen LogP contribution in [0.1, 0.15) is 89.4 Å². The number of carbonyl (C=O) groups excluding carboxylic acids is 2. The van der Waals surface area contributed by atoms with Gasteiger partial charge in [0.05, 0.1) is 32.9 Å². The van der Waals surface area contributed by atoms with Crippen molar-refractivity contribution in [3.63, 3.8) is 0 Å². The lowest BCUT2D eigenvalue weighted by Crippen LogP contribution is -2.24. The van der Waals surface area contributed by atoms with Crippen LogP contribution in [0.2, 0.25) is 0 Å². The number of amides is 1. The van der Waals surface area contributed by atoms with Crippen molar-refractivity contribution in [2.75, 3.05) is 31.5 Å². The largest absolute Gasteiger partial charge is 0.497 e. The van der Waals surface area contributed by atoms with Crippen molar-refractivity contribution in [2.45, 2.75) is 58.3 Å². The standard InChI is InChI=1S/C17H18N2O2.C11H13BrO3.C8H12N2/c1-11(2)12-5-7-16(18-9-12)19-10-13-4-6-14(21-3)8-15(13)17(19)20;1-3-15-11(13)10-6-9(14-2)5-4-8(10)7-12;1-6(2)7-3-4-8(9)10-5-7/h4-9,11H,10H2,1-3H3;4-6H,3,7H2,1-2H3;3-6H,1-2H3,(H2,9,10). The highest BCUT2D eigenvalue weighted by Gasteiger charge is 2.29. The van der Waals surface area contributed by atoms with Crippen LogP contribution in [0.3, 0.4) is 0 Å². The number of nitrogen functional groups attached to an aromatic ring is 1. The first-order valence-corrected chi connectivity index (χ1v) is 16.2. The first kappa shape index (κ1) is 36.0. The van der Waals surface area contributed by atoms with Crippen LogP contribution in [0, 0.1) is 0 Å². The van der Waals surface area contributed by atoms with Gasteiger partial charge in [-0.25, -0.2) is 14.8 Å². The van der Waals surface area contributed by atoms with Gasteiger partial charge in [-0.15, -0.1) is 0 Å². The lowest BCUT2D eigenvalue weighted by molar-refractivity contribution is 0.0525. The van der Waals surface area contributed by atoms with Crippen LogP contribution in [0.15, 0.2) is 73.1 Å². The van der Waals surface area contributed by atoms with Crippen LogP contribution in [0.4, 0.5) is 11.6 Å². The Morgan fingerprint density at radius 1 is 0.891 bits per heavy atom. The summed E-state index contributed by atoms with van der Waals surface area (Å²) in [5.74, 6) is 3.27. The third kappa shape index (κ3) is 9.53. The molecule has 0 fully saturated rings. The van der Waals surface area contributed by atoms with Crippen LogP contribution in [0.5, 0.6) is 11.5 Å². The smallest absolute Gasteiger partial charge is 0.338 e. The minimum Gasteiger partial charge on any atom is -0.497 e. The fourth-order valence-corrected chi connectivity index (χ4v) is 4.94. The highest BCUT2D eigenvalue weighted by atomic mass is 79.9. The minimum atomic E-state index is -0.314. The second-order valence-corrected chi connectivity index (χ2v) is 11.6. The average Bonchev–Trinajstić information content (AvgIpc) is 3.40. The normalized spacial score (nSPS) is 11.7. The quantitative estimate of drug-likeness (QED) is 0.146. The van der Waals surface area contributed by atoms with Crippen molar-refractivity contribution in [1.82, 2.24) is 9.97 Å². The Morgan fingerprint density at radius 3 is 2.02 bits per heavy atom. The number of hydrogen-bond acceptors (Lipinski definition) is 8. The molecule has 0 spiro atoms. The zero-order valence-electron chi connectivity index (χ0n) is 27.5. The van der Waals surface area contributed by atoms with Crippen molar-refractivity contribution in [1.29, 1.82) is 0 Å². The van der Waals surface area contributed by atoms with E-state index in [4.69, 9.17) is 19.9 Å². The van der Waals surface area contributed by atoms with Gasteiger partial charge in [0.1, 0.15) is 23.1 Å². The molecule has 1 aliphatic heterocycles. The third-order valence-corrected chi connectivity index (χ3v) is 7.87. The fraction of sp³-hybridized carbons (Fsp3) is 0.333. The number of alkyl halides is 1. The predicted octanol–water partition coefficient (Wildman–Crippen LogP) is 7.93. The number of carbonyl (C=O) groups is 2. The van der Waals surface area contributed by atoms with Crippen LogP contribution in [-0.2, 0) is 16.6 Å². The monoisotopic (exact) mass is 690 g/mol. The number of ether oxygens (including phenoxy) is 3. The van der Waals surface area contributed by atoms with Gasteiger partial charge in [0.25, 0.3) is 5.91 Å². The second kappa shape index (κ2) is 17.3. The van der Waals surface area contributed by atoms with E-state index in [1.165, 1.54) is 11.1 Å². The van der Waals surface area contributed by atoms with Crippen LogP contribution in [0.25, 0.3) is 0 Å². The maximum atomic E-state index is 12.5. The first-order valence-electron chi connectivity index (χ1n) is 15.1. The summed E-state index contributed by atoms with van der Waals surface area (Å²) in [6, 6.07) is 18.7. The van der Waals surface area contributed by atoms with E-state index >= 15 is 0 Å². The van der Waals surface area contributed by atoms with E-state index in [0.29, 0.717) is 64.6 Å². The molecule has 2 aromatic carbocycles. The van der Waals surface area contributed by atoms with E-state index in [9.17, 15) is 9.59 Å². The highest BCUT2D eigenvalue weighted by Crippen LogP contribution is 2.30. The predicted molar refractivity (Wildman–Crippen MR) is 186 cm³/mol. The number of esters is 1. The number of hydrogen-bond donors (Lipinski definition) is 1. The SMILES string of the molecule is CC(C)c1ccc(N)nc1.CCOC(=O)c1cc(OC)ccc1CBr.COc1ccc2c(c1)C(=O)N(c1ccc(C(C)C)cn1)C2. The number of pyridine rings is 2. The van der Waals surface area contributed by atoms with Crippen LogP contribution in [-0.4, -0.2) is 42.7 Å². The zero-order valence-corrected chi connectivity index (χ0v) is 29.1. The molecule has 3 heterocycles. The Hall–Kier alpha value is -4.44. The maximum Gasteiger partial charge on any atom is 0.338 e. The van der Waals surface area contributed by atoms with Gasteiger partial charge >= 0.3 is 5.97 Å².